The Morgan fingerprint density at radius 3 is 2.42 bits per heavy atom. The summed E-state index contributed by atoms with van der Waals surface area (Å²) in [6, 6.07) is 14.2. The topological polar surface area (TPSA) is 82.3 Å². The highest BCUT2D eigenvalue weighted by molar-refractivity contribution is 7.80. The number of halogens is 1. The van der Waals surface area contributed by atoms with Crippen LogP contribution >= 0.6 is 23.8 Å². The predicted molar refractivity (Wildman–Crippen MR) is 107 cm³/mol. The zero-order chi connectivity index (χ0) is 18.9. The molecule has 0 fully saturated rings. The summed E-state index contributed by atoms with van der Waals surface area (Å²) in [6.45, 7) is 2.08. The van der Waals surface area contributed by atoms with E-state index in [-0.39, 0.29) is 29.9 Å². The molecule has 0 saturated heterocycles. The third-order valence-corrected chi connectivity index (χ3v) is 3.90. The molecule has 0 radical (unpaired) electrons. The number of anilines is 1. The summed E-state index contributed by atoms with van der Waals surface area (Å²) in [4.78, 5) is 23.8. The summed E-state index contributed by atoms with van der Waals surface area (Å²) in [5.41, 5.74) is 7.29. The molecule has 0 spiro atoms. The van der Waals surface area contributed by atoms with Crippen LogP contribution in [0.15, 0.2) is 48.5 Å². The van der Waals surface area contributed by atoms with Gasteiger partial charge in [-0.1, -0.05) is 29.8 Å². The Morgan fingerprint density at radius 2 is 1.73 bits per heavy atom. The molecule has 26 heavy (non-hydrogen) atoms. The van der Waals surface area contributed by atoms with Crippen LogP contribution in [0.2, 0.25) is 5.02 Å². The van der Waals surface area contributed by atoms with Crippen LogP contribution in [-0.4, -0.2) is 23.5 Å². The van der Waals surface area contributed by atoms with Crippen molar-refractivity contribution in [1.82, 2.24) is 16.2 Å². The molecule has 0 aliphatic rings. The second kappa shape index (κ2) is 9.74. The molecule has 2 rings (SSSR count). The highest BCUT2D eigenvalue weighted by Gasteiger charge is 2.08. The number of hydrazine groups is 1. The number of hydrogen-bond acceptors (Lipinski definition) is 3. The van der Waals surface area contributed by atoms with Gasteiger partial charge < -0.3 is 10.6 Å². The van der Waals surface area contributed by atoms with Gasteiger partial charge in [-0.15, -0.1) is 0 Å². The Balaban J connectivity index is 1.67. The van der Waals surface area contributed by atoms with E-state index in [9.17, 15) is 9.59 Å². The molecule has 8 heteroatoms. The van der Waals surface area contributed by atoms with Crippen LogP contribution in [0.3, 0.4) is 0 Å². The fourth-order valence-corrected chi connectivity index (χ4v) is 2.39. The number of rotatable bonds is 5. The van der Waals surface area contributed by atoms with Gasteiger partial charge in [0, 0.05) is 29.2 Å². The number of hydrogen-bond donors (Lipinski definition) is 4. The average molecular weight is 391 g/mol. The summed E-state index contributed by atoms with van der Waals surface area (Å²) in [5, 5.41) is 6.48. The van der Waals surface area contributed by atoms with E-state index >= 15 is 0 Å². The van der Waals surface area contributed by atoms with Gasteiger partial charge in [0.1, 0.15) is 0 Å². The van der Waals surface area contributed by atoms with E-state index in [2.05, 4.69) is 21.5 Å². The standard InChI is InChI=1S/C18H19ClN4O2S/c1-12-4-2-3-5-15(12)17(25)20-11-10-16(24)22-23-18(26)21-14-8-6-13(19)7-9-14/h2-9H,10-11H2,1H3,(H,20,25)(H,22,24)(H2,21,23,26). The van der Waals surface area contributed by atoms with Gasteiger partial charge in [0.05, 0.1) is 0 Å². The largest absolute Gasteiger partial charge is 0.352 e. The van der Waals surface area contributed by atoms with Gasteiger partial charge >= 0.3 is 0 Å². The van der Waals surface area contributed by atoms with Crippen LogP contribution in [0, 0.1) is 6.92 Å². The Labute approximate surface area is 162 Å². The van der Waals surface area contributed by atoms with Gasteiger partial charge in [0.25, 0.3) is 5.91 Å². The summed E-state index contributed by atoms with van der Waals surface area (Å²) < 4.78 is 0. The van der Waals surface area contributed by atoms with Gasteiger partial charge in [-0.25, -0.2) is 0 Å². The van der Waals surface area contributed by atoms with E-state index < -0.39 is 0 Å². The van der Waals surface area contributed by atoms with Gasteiger partial charge in [0.15, 0.2) is 5.11 Å². The number of thiocarbonyl (C=S) groups is 1. The summed E-state index contributed by atoms with van der Waals surface area (Å²) >= 11 is 10.9. The van der Waals surface area contributed by atoms with Crippen molar-refractivity contribution < 1.29 is 9.59 Å². The molecule has 0 aliphatic carbocycles. The lowest BCUT2D eigenvalue weighted by atomic mass is 10.1. The van der Waals surface area contributed by atoms with Gasteiger partial charge in [-0.3, -0.25) is 20.4 Å². The van der Waals surface area contributed by atoms with Crippen molar-refractivity contribution in [3.8, 4) is 0 Å². The molecule has 0 aromatic heterocycles. The van der Waals surface area contributed by atoms with Crippen molar-refractivity contribution in [1.29, 1.82) is 0 Å². The number of aryl methyl sites for hydroxylation is 1. The lowest BCUT2D eigenvalue weighted by Gasteiger charge is -2.12. The minimum Gasteiger partial charge on any atom is -0.352 e. The number of carbonyl (C=O) groups is 2. The maximum atomic E-state index is 12.0. The Kier molecular flexibility index (Phi) is 7.37. The summed E-state index contributed by atoms with van der Waals surface area (Å²) in [6.07, 6.45) is 0.119. The third-order valence-electron chi connectivity index (χ3n) is 3.44. The zero-order valence-electron chi connectivity index (χ0n) is 14.1. The third kappa shape index (κ3) is 6.34. The van der Waals surface area contributed by atoms with E-state index in [1.54, 1.807) is 36.4 Å². The van der Waals surface area contributed by atoms with Crippen molar-refractivity contribution in [3.05, 3.63) is 64.7 Å². The average Bonchev–Trinajstić information content (AvgIpc) is 2.62. The Hall–Kier alpha value is -2.64. The smallest absolute Gasteiger partial charge is 0.251 e. The molecule has 136 valence electrons. The SMILES string of the molecule is Cc1ccccc1C(=O)NCCC(=O)NNC(=S)Nc1ccc(Cl)cc1. The van der Waals surface area contributed by atoms with Crippen molar-refractivity contribution in [2.75, 3.05) is 11.9 Å². The molecule has 0 saturated carbocycles. The molecule has 2 aromatic rings. The first-order valence-electron chi connectivity index (χ1n) is 7.91. The molecule has 0 unspecified atom stereocenters. The molecule has 0 aliphatic heterocycles. The molecule has 0 heterocycles. The van der Waals surface area contributed by atoms with E-state index in [1.165, 1.54) is 0 Å². The second-order valence-electron chi connectivity index (χ2n) is 5.46. The normalized spacial score (nSPS) is 9.92. The van der Waals surface area contributed by atoms with Crippen LogP contribution in [0.25, 0.3) is 0 Å². The molecule has 6 nitrogen and oxygen atoms in total. The van der Waals surface area contributed by atoms with Gasteiger partial charge in [0.2, 0.25) is 5.91 Å². The number of nitrogens with one attached hydrogen (secondary N) is 4. The van der Waals surface area contributed by atoms with Crippen LogP contribution in [0.1, 0.15) is 22.3 Å². The quantitative estimate of drug-likeness (QED) is 0.466. The molecule has 2 aromatic carbocycles. The molecule has 2 amide bonds. The van der Waals surface area contributed by atoms with Crippen molar-refractivity contribution in [2.24, 2.45) is 0 Å². The first-order chi connectivity index (χ1) is 12.5. The zero-order valence-corrected chi connectivity index (χ0v) is 15.7. The van der Waals surface area contributed by atoms with Crippen molar-refractivity contribution in [2.45, 2.75) is 13.3 Å². The van der Waals surface area contributed by atoms with Crippen molar-refractivity contribution in [3.63, 3.8) is 0 Å². The van der Waals surface area contributed by atoms with Crippen LogP contribution < -0.4 is 21.5 Å². The van der Waals surface area contributed by atoms with Crippen LogP contribution in [0.5, 0.6) is 0 Å². The number of benzene rings is 2. The van der Waals surface area contributed by atoms with Crippen LogP contribution in [-0.2, 0) is 4.79 Å². The van der Waals surface area contributed by atoms with E-state index in [1.807, 2.05) is 19.1 Å². The maximum Gasteiger partial charge on any atom is 0.251 e. The maximum absolute atomic E-state index is 12.0. The highest BCUT2D eigenvalue weighted by Crippen LogP contribution is 2.13. The Bertz CT molecular complexity index is 796. The fourth-order valence-electron chi connectivity index (χ4n) is 2.10. The summed E-state index contributed by atoms with van der Waals surface area (Å²) in [7, 11) is 0. The summed E-state index contributed by atoms with van der Waals surface area (Å²) in [5.74, 6) is -0.501. The lowest BCUT2D eigenvalue weighted by Crippen LogP contribution is -2.44. The van der Waals surface area contributed by atoms with E-state index in [0.717, 1.165) is 11.3 Å². The first-order valence-corrected chi connectivity index (χ1v) is 8.69. The molecule has 4 N–H and O–H groups in total. The minimum absolute atomic E-state index is 0.119. The molecular formula is C18H19ClN4O2S. The fraction of sp³-hybridized carbons (Fsp3) is 0.167. The minimum atomic E-state index is -0.296. The van der Waals surface area contributed by atoms with Gasteiger partial charge in [-0.05, 0) is 55.0 Å². The number of carbonyl (C=O) groups excluding carboxylic acids is 2. The molecule has 0 bridgehead atoms. The van der Waals surface area contributed by atoms with Crippen molar-refractivity contribution >= 4 is 46.4 Å². The Morgan fingerprint density at radius 1 is 1.04 bits per heavy atom. The lowest BCUT2D eigenvalue weighted by molar-refractivity contribution is -0.121. The predicted octanol–water partition coefficient (Wildman–Crippen LogP) is 2.79. The monoisotopic (exact) mass is 390 g/mol. The molecular weight excluding hydrogens is 372 g/mol. The highest BCUT2D eigenvalue weighted by atomic mass is 35.5. The van der Waals surface area contributed by atoms with E-state index in [4.69, 9.17) is 23.8 Å². The van der Waals surface area contributed by atoms with Gasteiger partial charge in [-0.2, -0.15) is 0 Å². The second-order valence-corrected chi connectivity index (χ2v) is 6.30. The van der Waals surface area contributed by atoms with E-state index in [0.29, 0.717) is 10.6 Å². The number of amides is 2. The first kappa shape index (κ1) is 19.7. The molecule has 0 atom stereocenters. The van der Waals surface area contributed by atoms with Crippen LogP contribution in [0.4, 0.5) is 5.69 Å².